The smallest absolute Gasteiger partial charge is 0.204 e. The topological polar surface area (TPSA) is 34.4 Å². The number of fused-ring (bicyclic) bond motifs is 1. The maximum absolute atomic E-state index is 12.9. The van der Waals surface area contributed by atoms with Gasteiger partial charge >= 0.3 is 0 Å². The van der Waals surface area contributed by atoms with E-state index in [0.29, 0.717) is 11.4 Å². The molecular weight excluding hydrogens is 308 g/mol. The summed E-state index contributed by atoms with van der Waals surface area (Å²) in [5.74, 6) is -0.0681. The SMILES string of the molecule is O=C(C=Cc1ccccc1)c1c(-c2ccccc2)nc2ccccn12. The summed E-state index contributed by atoms with van der Waals surface area (Å²) in [5.41, 5.74) is 3.97. The summed E-state index contributed by atoms with van der Waals surface area (Å²) in [6.07, 6.45) is 5.32. The molecule has 4 rings (SSSR count). The Morgan fingerprint density at radius 2 is 1.52 bits per heavy atom. The van der Waals surface area contributed by atoms with E-state index in [1.54, 1.807) is 6.08 Å². The van der Waals surface area contributed by atoms with Crippen molar-refractivity contribution in [3.8, 4) is 11.3 Å². The van der Waals surface area contributed by atoms with Gasteiger partial charge in [-0.2, -0.15) is 0 Å². The number of hydrogen-bond acceptors (Lipinski definition) is 2. The Labute approximate surface area is 145 Å². The summed E-state index contributed by atoms with van der Waals surface area (Å²) < 4.78 is 1.85. The third kappa shape index (κ3) is 3.00. The zero-order valence-electron chi connectivity index (χ0n) is 13.5. The molecule has 3 nitrogen and oxygen atoms in total. The molecular formula is C22H16N2O. The van der Waals surface area contributed by atoms with E-state index < -0.39 is 0 Å². The second-order valence-electron chi connectivity index (χ2n) is 5.71. The van der Waals surface area contributed by atoms with E-state index in [4.69, 9.17) is 0 Å². The summed E-state index contributed by atoms with van der Waals surface area (Å²) >= 11 is 0. The van der Waals surface area contributed by atoms with Crippen LogP contribution in [-0.4, -0.2) is 15.2 Å². The highest BCUT2D eigenvalue weighted by Crippen LogP contribution is 2.25. The molecule has 4 aromatic rings. The fourth-order valence-corrected chi connectivity index (χ4v) is 2.84. The lowest BCUT2D eigenvalue weighted by Gasteiger charge is -2.02. The van der Waals surface area contributed by atoms with Crippen LogP contribution in [0.1, 0.15) is 16.1 Å². The van der Waals surface area contributed by atoms with Crippen LogP contribution >= 0.6 is 0 Å². The first kappa shape index (κ1) is 15.1. The van der Waals surface area contributed by atoms with Crippen molar-refractivity contribution < 1.29 is 4.79 Å². The summed E-state index contributed by atoms with van der Waals surface area (Å²) in [7, 11) is 0. The van der Waals surface area contributed by atoms with Gasteiger partial charge in [0.15, 0.2) is 0 Å². The van der Waals surface area contributed by atoms with Crippen LogP contribution in [0, 0.1) is 0 Å². The number of aromatic nitrogens is 2. The van der Waals surface area contributed by atoms with E-state index in [1.165, 1.54) is 0 Å². The van der Waals surface area contributed by atoms with Crippen molar-refractivity contribution in [3.63, 3.8) is 0 Å². The van der Waals surface area contributed by atoms with Crippen LogP contribution in [0.5, 0.6) is 0 Å². The van der Waals surface area contributed by atoms with E-state index in [9.17, 15) is 4.79 Å². The van der Waals surface area contributed by atoms with E-state index in [2.05, 4.69) is 4.98 Å². The van der Waals surface area contributed by atoms with Gasteiger partial charge in [-0.25, -0.2) is 4.98 Å². The number of ketones is 1. The molecule has 2 aromatic carbocycles. The number of hydrogen-bond donors (Lipinski definition) is 0. The van der Waals surface area contributed by atoms with Crippen molar-refractivity contribution in [2.75, 3.05) is 0 Å². The van der Waals surface area contributed by atoms with Crippen molar-refractivity contribution in [1.82, 2.24) is 9.38 Å². The highest BCUT2D eigenvalue weighted by atomic mass is 16.1. The molecule has 0 amide bonds. The minimum atomic E-state index is -0.0681. The second kappa shape index (κ2) is 6.57. The molecule has 0 aliphatic heterocycles. The standard InChI is InChI=1S/C22H16N2O/c25-19(15-14-17-9-3-1-4-10-17)22-21(18-11-5-2-6-12-18)23-20-13-7-8-16-24(20)22/h1-16H. The number of pyridine rings is 1. The van der Waals surface area contributed by atoms with E-state index in [1.807, 2.05) is 95.5 Å². The van der Waals surface area contributed by atoms with E-state index in [0.717, 1.165) is 16.8 Å². The van der Waals surface area contributed by atoms with Gasteiger partial charge in [0.05, 0.1) is 0 Å². The quantitative estimate of drug-likeness (QED) is 0.395. The van der Waals surface area contributed by atoms with Crippen LogP contribution in [0.2, 0.25) is 0 Å². The van der Waals surface area contributed by atoms with E-state index >= 15 is 0 Å². The Bertz CT molecular complexity index is 1050. The molecule has 0 radical (unpaired) electrons. The largest absolute Gasteiger partial charge is 0.296 e. The maximum atomic E-state index is 12.9. The van der Waals surface area contributed by atoms with Crippen LogP contribution in [0.3, 0.4) is 0 Å². The van der Waals surface area contributed by atoms with Crippen molar-refractivity contribution in [2.45, 2.75) is 0 Å². The normalized spacial score (nSPS) is 11.2. The van der Waals surface area contributed by atoms with Crippen molar-refractivity contribution in [2.24, 2.45) is 0 Å². The van der Waals surface area contributed by atoms with Crippen LogP contribution in [-0.2, 0) is 0 Å². The van der Waals surface area contributed by atoms with Crippen LogP contribution in [0.15, 0.2) is 91.1 Å². The molecule has 2 heterocycles. The highest BCUT2D eigenvalue weighted by molar-refractivity contribution is 6.10. The third-order valence-electron chi connectivity index (χ3n) is 4.04. The Morgan fingerprint density at radius 3 is 2.28 bits per heavy atom. The molecule has 0 fully saturated rings. The number of carbonyl (C=O) groups excluding carboxylic acids is 1. The average Bonchev–Trinajstić information content (AvgIpc) is 3.07. The summed E-state index contributed by atoms with van der Waals surface area (Å²) in [6.45, 7) is 0. The molecule has 0 saturated carbocycles. The number of carbonyl (C=O) groups is 1. The van der Waals surface area contributed by atoms with Crippen molar-refractivity contribution >= 4 is 17.5 Å². The number of imidazole rings is 1. The molecule has 0 bridgehead atoms. The Balaban J connectivity index is 1.82. The van der Waals surface area contributed by atoms with Gasteiger partial charge in [-0.05, 0) is 23.8 Å². The van der Waals surface area contributed by atoms with Gasteiger partial charge in [0, 0.05) is 11.8 Å². The second-order valence-corrected chi connectivity index (χ2v) is 5.71. The minimum Gasteiger partial charge on any atom is -0.296 e. The molecule has 25 heavy (non-hydrogen) atoms. The van der Waals surface area contributed by atoms with Gasteiger partial charge in [0.1, 0.15) is 17.0 Å². The molecule has 0 unspecified atom stereocenters. The molecule has 3 heteroatoms. The van der Waals surface area contributed by atoms with Gasteiger partial charge in [0.25, 0.3) is 0 Å². The molecule has 0 N–H and O–H groups in total. The Hall–Kier alpha value is -3.46. The lowest BCUT2D eigenvalue weighted by Crippen LogP contribution is -2.02. The molecule has 120 valence electrons. The summed E-state index contributed by atoms with van der Waals surface area (Å²) in [6, 6.07) is 25.3. The van der Waals surface area contributed by atoms with Crippen molar-refractivity contribution in [3.05, 3.63) is 102 Å². The fourth-order valence-electron chi connectivity index (χ4n) is 2.84. The number of allylic oxidation sites excluding steroid dienone is 1. The molecule has 2 aromatic heterocycles. The molecule has 0 saturated heterocycles. The minimum absolute atomic E-state index is 0.0681. The van der Waals surface area contributed by atoms with Crippen molar-refractivity contribution in [1.29, 1.82) is 0 Å². The summed E-state index contributed by atoms with van der Waals surface area (Å²) in [4.78, 5) is 17.6. The first-order chi connectivity index (χ1) is 12.3. The van der Waals surface area contributed by atoms with Gasteiger partial charge in [-0.1, -0.05) is 72.8 Å². The predicted molar refractivity (Wildman–Crippen MR) is 100 cm³/mol. The predicted octanol–water partition coefficient (Wildman–Crippen LogP) is 4.90. The first-order valence-electron chi connectivity index (χ1n) is 8.13. The number of benzene rings is 2. The van der Waals surface area contributed by atoms with Crippen LogP contribution in [0.4, 0.5) is 0 Å². The van der Waals surface area contributed by atoms with Gasteiger partial charge in [-0.3, -0.25) is 9.20 Å². The van der Waals surface area contributed by atoms with Gasteiger partial charge in [-0.15, -0.1) is 0 Å². The first-order valence-corrected chi connectivity index (χ1v) is 8.13. The zero-order chi connectivity index (χ0) is 17.1. The zero-order valence-corrected chi connectivity index (χ0v) is 13.5. The molecule has 0 spiro atoms. The maximum Gasteiger partial charge on any atom is 0.204 e. The number of rotatable bonds is 4. The highest BCUT2D eigenvalue weighted by Gasteiger charge is 2.18. The van der Waals surface area contributed by atoms with Gasteiger partial charge in [0.2, 0.25) is 5.78 Å². The monoisotopic (exact) mass is 324 g/mol. The van der Waals surface area contributed by atoms with E-state index in [-0.39, 0.29) is 5.78 Å². The Morgan fingerprint density at radius 1 is 0.840 bits per heavy atom. The van der Waals surface area contributed by atoms with Crippen LogP contribution in [0.25, 0.3) is 23.0 Å². The number of nitrogens with zero attached hydrogens (tertiary/aromatic N) is 2. The lowest BCUT2D eigenvalue weighted by atomic mass is 10.1. The molecule has 0 atom stereocenters. The fraction of sp³-hybridized carbons (Fsp3) is 0. The van der Waals surface area contributed by atoms with Crippen LogP contribution < -0.4 is 0 Å². The van der Waals surface area contributed by atoms with Gasteiger partial charge < -0.3 is 0 Å². The summed E-state index contributed by atoms with van der Waals surface area (Å²) in [5, 5.41) is 0. The Kier molecular flexibility index (Phi) is 3.97. The molecule has 0 aliphatic carbocycles. The molecule has 0 aliphatic rings. The lowest BCUT2D eigenvalue weighted by molar-refractivity contribution is 0.104. The average molecular weight is 324 g/mol. The third-order valence-corrected chi connectivity index (χ3v) is 4.04.